The van der Waals surface area contributed by atoms with Gasteiger partial charge in [0.2, 0.25) is 0 Å². The third-order valence-corrected chi connectivity index (χ3v) is 7.83. The van der Waals surface area contributed by atoms with Crippen molar-refractivity contribution in [1.82, 2.24) is 14.8 Å². The first-order chi connectivity index (χ1) is 17.9. The summed E-state index contributed by atoms with van der Waals surface area (Å²) in [7, 11) is 3.06. The monoisotopic (exact) mass is 515 g/mol. The van der Waals surface area contributed by atoms with Crippen LogP contribution in [0.1, 0.15) is 51.2 Å². The zero-order valence-corrected chi connectivity index (χ0v) is 22.3. The quantitative estimate of drug-likeness (QED) is 0.335. The van der Waals surface area contributed by atoms with E-state index < -0.39 is 6.04 Å². The number of nitrogens with one attached hydrogen (secondary N) is 1. The van der Waals surface area contributed by atoms with E-state index in [4.69, 9.17) is 14.5 Å². The number of nitrogens with zero attached hydrogens (tertiary/aromatic N) is 4. The van der Waals surface area contributed by atoms with Gasteiger partial charge in [0, 0.05) is 28.2 Å². The van der Waals surface area contributed by atoms with Gasteiger partial charge in [0.05, 0.1) is 26.4 Å². The van der Waals surface area contributed by atoms with E-state index in [1.54, 1.807) is 18.4 Å². The molecule has 2 aromatic carbocycles. The summed E-state index contributed by atoms with van der Waals surface area (Å²) >= 11 is 1.69. The lowest BCUT2D eigenvalue weighted by molar-refractivity contribution is -0.141. The van der Waals surface area contributed by atoms with Crippen LogP contribution in [0.4, 0.5) is 5.69 Å². The van der Waals surface area contributed by atoms with Crippen molar-refractivity contribution >= 4 is 28.7 Å². The molecule has 0 bridgehead atoms. The number of methoxy groups -OCH3 is 2. The Bertz CT molecular complexity index is 1470. The predicted molar refractivity (Wildman–Crippen MR) is 145 cm³/mol. The van der Waals surface area contributed by atoms with Crippen molar-refractivity contribution in [1.29, 1.82) is 0 Å². The fourth-order valence-corrected chi connectivity index (χ4v) is 5.67. The van der Waals surface area contributed by atoms with E-state index in [-0.39, 0.29) is 12.4 Å². The molecule has 0 saturated heterocycles. The molecule has 5 rings (SSSR count). The summed E-state index contributed by atoms with van der Waals surface area (Å²) in [5, 5.41) is 13.2. The molecular formula is C28H29N5O3S. The van der Waals surface area contributed by atoms with Gasteiger partial charge in [-0.05, 0) is 56.2 Å². The van der Waals surface area contributed by atoms with Crippen molar-refractivity contribution in [3.05, 3.63) is 87.3 Å². The number of carbonyl (C=O) groups excluding carboxylic acids is 1. The van der Waals surface area contributed by atoms with Gasteiger partial charge >= 0.3 is 5.97 Å². The normalized spacial score (nSPS) is 14.3. The molecule has 2 aromatic heterocycles. The molecule has 0 amide bonds. The summed E-state index contributed by atoms with van der Waals surface area (Å²) in [6.45, 7) is 6.86. The molecular weight excluding hydrogens is 486 g/mol. The minimum atomic E-state index is -0.504. The molecule has 1 aliphatic rings. The smallest absolute Gasteiger partial charge is 0.308 e. The zero-order valence-electron chi connectivity index (χ0n) is 21.5. The van der Waals surface area contributed by atoms with Gasteiger partial charge in [-0.25, -0.2) is 0 Å². The van der Waals surface area contributed by atoms with E-state index in [1.807, 2.05) is 35.8 Å². The van der Waals surface area contributed by atoms with Crippen LogP contribution < -0.4 is 10.1 Å². The van der Waals surface area contributed by atoms with Gasteiger partial charge in [-0.3, -0.25) is 14.4 Å². The van der Waals surface area contributed by atoms with Crippen LogP contribution in [0, 0.1) is 20.8 Å². The number of hydrogen-bond donors (Lipinski definition) is 1. The number of esters is 1. The topological polar surface area (TPSA) is 90.6 Å². The number of rotatable bonds is 7. The Kier molecular flexibility index (Phi) is 6.80. The summed E-state index contributed by atoms with van der Waals surface area (Å²) in [6.07, 6.45) is 0.0899. The molecule has 8 nitrogen and oxygen atoms in total. The Hall–Kier alpha value is -3.98. The average Bonchev–Trinajstić information content (AvgIpc) is 3.39. The molecule has 4 aromatic rings. The lowest BCUT2D eigenvalue weighted by atomic mass is 9.99. The lowest BCUT2D eigenvalue weighted by Gasteiger charge is -2.12. The van der Waals surface area contributed by atoms with Crippen molar-refractivity contribution < 1.29 is 14.3 Å². The van der Waals surface area contributed by atoms with E-state index in [2.05, 4.69) is 53.6 Å². The summed E-state index contributed by atoms with van der Waals surface area (Å²) in [5.41, 5.74) is 6.21. The van der Waals surface area contributed by atoms with Gasteiger partial charge in [-0.1, -0.05) is 24.3 Å². The molecule has 1 N–H and O–H groups in total. The number of carbonyl (C=O) groups is 1. The maximum Gasteiger partial charge on any atom is 0.308 e. The van der Waals surface area contributed by atoms with Gasteiger partial charge < -0.3 is 14.8 Å². The molecule has 1 atom stereocenters. The van der Waals surface area contributed by atoms with Crippen molar-refractivity contribution in [2.24, 2.45) is 4.99 Å². The molecule has 37 heavy (non-hydrogen) atoms. The fraction of sp³-hybridized carbons (Fsp3) is 0.286. The van der Waals surface area contributed by atoms with E-state index in [0.717, 1.165) is 44.7 Å². The Morgan fingerprint density at radius 3 is 2.43 bits per heavy atom. The van der Waals surface area contributed by atoms with Gasteiger partial charge in [0.15, 0.2) is 5.82 Å². The van der Waals surface area contributed by atoms with Crippen LogP contribution in [0.2, 0.25) is 0 Å². The number of aliphatic imine (C=N–C) groups is 1. The highest BCUT2D eigenvalue weighted by atomic mass is 32.1. The number of ether oxygens (including phenoxy) is 2. The summed E-state index contributed by atoms with van der Waals surface area (Å²) < 4.78 is 12.2. The van der Waals surface area contributed by atoms with Crippen molar-refractivity contribution in [2.75, 3.05) is 19.5 Å². The average molecular weight is 516 g/mol. The summed E-state index contributed by atoms with van der Waals surface area (Å²) in [6, 6.07) is 15.8. The first-order valence-corrected chi connectivity index (χ1v) is 12.9. The van der Waals surface area contributed by atoms with Crippen LogP contribution in [0.3, 0.4) is 0 Å². The lowest BCUT2D eigenvalue weighted by Crippen LogP contribution is -2.12. The summed E-state index contributed by atoms with van der Waals surface area (Å²) in [4.78, 5) is 18.6. The number of fused-ring (bicyclic) bond motifs is 3. The third-order valence-electron chi connectivity index (χ3n) is 6.64. The first-order valence-electron chi connectivity index (χ1n) is 12.0. The van der Waals surface area contributed by atoms with Crippen LogP contribution >= 0.6 is 11.3 Å². The Morgan fingerprint density at radius 2 is 1.76 bits per heavy atom. The van der Waals surface area contributed by atoms with Crippen LogP contribution in [0.25, 0.3) is 5.00 Å². The Morgan fingerprint density at radius 1 is 1.03 bits per heavy atom. The molecule has 0 radical (unpaired) electrons. The van der Waals surface area contributed by atoms with E-state index in [9.17, 15) is 4.79 Å². The largest absolute Gasteiger partial charge is 0.497 e. The maximum absolute atomic E-state index is 12.3. The van der Waals surface area contributed by atoms with Gasteiger partial charge in [-0.2, -0.15) is 0 Å². The second kappa shape index (κ2) is 10.2. The molecule has 3 heterocycles. The molecule has 0 spiro atoms. The molecule has 1 aliphatic heterocycles. The van der Waals surface area contributed by atoms with E-state index >= 15 is 0 Å². The predicted octanol–water partition coefficient (Wildman–Crippen LogP) is 5.33. The second-order valence-corrected chi connectivity index (χ2v) is 10.2. The maximum atomic E-state index is 12.3. The highest BCUT2D eigenvalue weighted by molar-refractivity contribution is 7.15. The van der Waals surface area contributed by atoms with E-state index in [1.165, 1.54) is 17.6 Å². The highest BCUT2D eigenvalue weighted by Crippen LogP contribution is 2.39. The van der Waals surface area contributed by atoms with Crippen LogP contribution in [-0.2, 0) is 16.1 Å². The molecule has 0 aliphatic carbocycles. The summed E-state index contributed by atoms with van der Waals surface area (Å²) in [5.74, 6) is 1.92. The van der Waals surface area contributed by atoms with Gasteiger partial charge in [-0.15, -0.1) is 21.5 Å². The van der Waals surface area contributed by atoms with Crippen LogP contribution in [0.5, 0.6) is 5.75 Å². The minimum absolute atomic E-state index is 0.0899. The van der Waals surface area contributed by atoms with Crippen LogP contribution in [-0.4, -0.2) is 40.7 Å². The van der Waals surface area contributed by atoms with Gasteiger partial charge in [0.25, 0.3) is 0 Å². The van der Waals surface area contributed by atoms with Crippen LogP contribution in [0.15, 0.2) is 53.5 Å². The standard InChI is InChI=1S/C28H29N5O3S/c1-16-17(2)37-28-25(16)26(30-23(14-24(34)36-5)27-32-31-18(3)33(27)28)20-8-10-21(11-9-20)29-15-19-6-12-22(35-4)13-7-19/h6-13,23,29H,14-15H2,1-5H3/t23-/m0/s1. The number of benzene rings is 2. The Labute approximate surface area is 220 Å². The number of aromatic nitrogens is 3. The number of hydrogen-bond acceptors (Lipinski definition) is 8. The molecule has 0 fully saturated rings. The zero-order chi connectivity index (χ0) is 26.1. The number of anilines is 1. The minimum Gasteiger partial charge on any atom is -0.497 e. The SMILES string of the molecule is COC(=O)C[C@@H]1N=C(c2ccc(NCc3ccc(OC)cc3)cc2)c2c(sc(C)c2C)-n2c(C)nnc21. The molecule has 0 unspecified atom stereocenters. The first kappa shape index (κ1) is 24.7. The number of thiophene rings is 1. The third kappa shape index (κ3) is 4.74. The molecule has 9 heteroatoms. The van der Waals surface area contributed by atoms with Gasteiger partial charge in [0.1, 0.15) is 22.6 Å². The highest BCUT2D eigenvalue weighted by Gasteiger charge is 2.32. The van der Waals surface area contributed by atoms with Crippen molar-refractivity contribution in [2.45, 2.75) is 39.8 Å². The molecule has 0 saturated carbocycles. The second-order valence-electron chi connectivity index (χ2n) is 8.96. The van der Waals surface area contributed by atoms with Crippen molar-refractivity contribution in [3.63, 3.8) is 0 Å². The number of aryl methyl sites for hydroxylation is 2. The fourth-order valence-electron chi connectivity index (χ4n) is 4.46. The Balaban J connectivity index is 1.50. The van der Waals surface area contributed by atoms with E-state index in [0.29, 0.717) is 12.4 Å². The van der Waals surface area contributed by atoms with Crippen molar-refractivity contribution in [3.8, 4) is 10.8 Å². The molecule has 190 valence electrons.